The van der Waals surface area contributed by atoms with Crippen LogP contribution < -0.4 is 10.5 Å². The molecule has 2 aliphatic rings. The molecule has 25 heavy (non-hydrogen) atoms. The molecule has 128 valence electrons. The summed E-state index contributed by atoms with van der Waals surface area (Å²) in [4.78, 5) is 18.3. The van der Waals surface area contributed by atoms with Crippen molar-refractivity contribution < 1.29 is 8.81 Å². The molecular weight excluding hydrogens is 323 g/mol. The van der Waals surface area contributed by atoms with Crippen LogP contribution in [0.1, 0.15) is 24.5 Å². The van der Waals surface area contributed by atoms with E-state index in [-0.39, 0.29) is 11.4 Å². The molecular formula is C18H17FN4O2. The highest BCUT2D eigenvalue weighted by Gasteiger charge is 2.32. The number of oxazole rings is 1. The van der Waals surface area contributed by atoms with Crippen molar-refractivity contribution >= 4 is 17.1 Å². The maximum absolute atomic E-state index is 13.2. The smallest absolute Gasteiger partial charge is 0.298 e. The molecule has 1 aliphatic carbocycles. The van der Waals surface area contributed by atoms with Gasteiger partial charge in [-0.05, 0) is 31.0 Å². The van der Waals surface area contributed by atoms with Crippen LogP contribution in [0.4, 0.5) is 10.4 Å². The standard InChI is InChI=1S/C18H17FN4O2/c19-13-3-5-16-15(7-13)20-18(25-16)22-8-11(9-22)10-23-17(24)6-4-14(21-23)12-1-2-12/h3-7,11-12H,1-2,8-10H2. The molecule has 2 fully saturated rings. The predicted molar refractivity (Wildman–Crippen MR) is 90.1 cm³/mol. The average molecular weight is 340 g/mol. The third-order valence-corrected chi connectivity index (χ3v) is 4.88. The summed E-state index contributed by atoms with van der Waals surface area (Å²) in [5.41, 5.74) is 2.07. The summed E-state index contributed by atoms with van der Waals surface area (Å²) in [6.07, 6.45) is 2.33. The number of rotatable bonds is 4. The van der Waals surface area contributed by atoms with Crippen molar-refractivity contribution in [2.75, 3.05) is 18.0 Å². The van der Waals surface area contributed by atoms with Crippen molar-refractivity contribution in [2.24, 2.45) is 5.92 Å². The van der Waals surface area contributed by atoms with Gasteiger partial charge in [0.1, 0.15) is 11.3 Å². The average Bonchev–Trinajstić information content (AvgIpc) is 3.32. The normalized spacial score (nSPS) is 17.9. The van der Waals surface area contributed by atoms with Crippen LogP contribution >= 0.6 is 0 Å². The fraction of sp³-hybridized carbons (Fsp3) is 0.389. The zero-order chi connectivity index (χ0) is 17.0. The second-order valence-electron chi connectivity index (χ2n) is 6.93. The van der Waals surface area contributed by atoms with Crippen molar-refractivity contribution in [3.8, 4) is 0 Å². The minimum atomic E-state index is -0.324. The molecule has 1 saturated heterocycles. The Morgan fingerprint density at radius 3 is 2.84 bits per heavy atom. The van der Waals surface area contributed by atoms with Crippen LogP contribution in [-0.4, -0.2) is 27.9 Å². The Morgan fingerprint density at radius 1 is 1.20 bits per heavy atom. The van der Waals surface area contributed by atoms with Gasteiger partial charge in [0.15, 0.2) is 5.58 Å². The van der Waals surface area contributed by atoms with Crippen LogP contribution in [0.2, 0.25) is 0 Å². The van der Waals surface area contributed by atoms with E-state index < -0.39 is 0 Å². The third-order valence-electron chi connectivity index (χ3n) is 4.88. The second kappa shape index (κ2) is 5.40. The lowest BCUT2D eigenvalue weighted by molar-refractivity contribution is 0.317. The molecule has 0 N–H and O–H groups in total. The van der Waals surface area contributed by atoms with E-state index in [2.05, 4.69) is 10.1 Å². The Kier molecular flexibility index (Phi) is 3.16. The minimum Gasteiger partial charge on any atom is -0.423 e. The molecule has 3 heterocycles. The first-order valence-corrected chi connectivity index (χ1v) is 8.55. The number of nitrogens with zero attached hydrogens (tertiary/aromatic N) is 4. The molecule has 6 nitrogen and oxygen atoms in total. The van der Waals surface area contributed by atoms with Gasteiger partial charge >= 0.3 is 0 Å². The predicted octanol–water partition coefficient (Wildman–Crippen LogP) is 2.54. The lowest BCUT2D eigenvalue weighted by Crippen LogP contribution is -2.49. The van der Waals surface area contributed by atoms with Crippen molar-refractivity contribution in [1.29, 1.82) is 0 Å². The van der Waals surface area contributed by atoms with Crippen LogP contribution in [0.15, 0.2) is 39.5 Å². The topological polar surface area (TPSA) is 64.2 Å². The highest BCUT2D eigenvalue weighted by Crippen LogP contribution is 2.38. The Balaban J connectivity index is 1.28. The van der Waals surface area contributed by atoms with Gasteiger partial charge in [0.05, 0.1) is 12.2 Å². The summed E-state index contributed by atoms with van der Waals surface area (Å²) in [7, 11) is 0. The molecule has 0 amide bonds. The number of halogens is 1. The van der Waals surface area contributed by atoms with Gasteiger partial charge in [0, 0.05) is 37.1 Å². The van der Waals surface area contributed by atoms with E-state index >= 15 is 0 Å². The molecule has 3 aromatic rings. The lowest BCUT2D eigenvalue weighted by atomic mass is 10.0. The lowest BCUT2D eigenvalue weighted by Gasteiger charge is -2.37. The van der Waals surface area contributed by atoms with Crippen LogP contribution in [-0.2, 0) is 6.54 Å². The molecule has 1 saturated carbocycles. The Labute approximate surface area is 142 Å². The van der Waals surface area contributed by atoms with E-state index in [0.29, 0.717) is 35.5 Å². The van der Waals surface area contributed by atoms with E-state index in [0.717, 1.165) is 18.8 Å². The highest BCUT2D eigenvalue weighted by molar-refractivity contribution is 5.74. The summed E-state index contributed by atoms with van der Waals surface area (Å²) in [5.74, 6) is 0.533. The van der Waals surface area contributed by atoms with Gasteiger partial charge in [-0.15, -0.1) is 0 Å². The SMILES string of the molecule is O=c1ccc(C2CC2)nn1CC1CN(c2nc3cc(F)ccc3o2)C1. The number of anilines is 1. The van der Waals surface area contributed by atoms with Gasteiger partial charge in [-0.3, -0.25) is 4.79 Å². The monoisotopic (exact) mass is 340 g/mol. The number of fused-ring (bicyclic) bond motifs is 1. The van der Waals surface area contributed by atoms with Crippen molar-refractivity contribution in [1.82, 2.24) is 14.8 Å². The fourth-order valence-corrected chi connectivity index (χ4v) is 3.30. The van der Waals surface area contributed by atoms with E-state index in [9.17, 15) is 9.18 Å². The van der Waals surface area contributed by atoms with E-state index in [1.54, 1.807) is 16.8 Å². The first-order valence-electron chi connectivity index (χ1n) is 8.55. The summed E-state index contributed by atoms with van der Waals surface area (Å²) in [6.45, 7) is 2.10. The maximum Gasteiger partial charge on any atom is 0.298 e. The third kappa shape index (κ3) is 2.69. The summed E-state index contributed by atoms with van der Waals surface area (Å²) >= 11 is 0. The molecule has 1 aliphatic heterocycles. The molecule has 5 rings (SSSR count). The second-order valence-corrected chi connectivity index (χ2v) is 6.93. The Hall–Kier alpha value is -2.70. The molecule has 0 unspecified atom stereocenters. The van der Waals surface area contributed by atoms with Gasteiger partial charge in [0.25, 0.3) is 11.6 Å². The zero-order valence-electron chi connectivity index (χ0n) is 13.6. The van der Waals surface area contributed by atoms with E-state index in [4.69, 9.17) is 4.42 Å². The van der Waals surface area contributed by atoms with Gasteiger partial charge in [-0.25, -0.2) is 9.07 Å². The number of hydrogen-bond donors (Lipinski definition) is 0. The first-order chi connectivity index (χ1) is 12.2. The first kappa shape index (κ1) is 14.6. The maximum atomic E-state index is 13.2. The molecule has 0 bridgehead atoms. The van der Waals surface area contributed by atoms with Crippen molar-refractivity contribution in [2.45, 2.75) is 25.3 Å². The molecule has 0 spiro atoms. The van der Waals surface area contributed by atoms with Gasteiger partial charge in [-0.2, -0.15) is 10.1 Å². The highest BCUT2D eigenvalue weighted by atomic mass is 19.1. The molecule has 2 aromatic heterocycles. The quantitative estimate of drug-likeness (QED) is 0.730. The summed E-state index contributed by atoms with van der Waals surface area (Å²) in [5, 5.41) is 4.50. The van der Waals surface area contributed by atoms with Gasteiger partial charge < -0.3 is 9.32 Å². The van der Waals surface area contributed by atoms with Crippen LogP contribution in [0, 0.1) is 11.7 Å². The van der Waals surface area contributed by atoms with Gasteiger partial charge in [-0.1, -0.05) is 0 Å². The summed E-state index contributed by atoms with van der Waals surface area (Å²) in [6, 6.07) is 8.29. The molecule has 1 aromatic carbocycles. The largest absolute Gasteiger partial charge is 0.423 e. The summed E-state index contributed by atoms with van der Waals surface area (Å²) < 4.78 is 20.5. The van der Waals surface area contributed by atoms with Gasteiger partial charge in [0.2, 0.25) is 0 Å². The van der Waals surface area contributed by atoms with Crippen LogP contribution in [0.25, 0.3) is 11.1 Å². The number of benzene rings is 1. The fourth-order valence-electron chi connectivity index (χ4n) is 3.30. The molecule has 7 heteroatoms. The van der Waals surface area contributed by atoms with Crippen molar-refractivity contribution in [3.05, 3.63) is 52.2 Å². The van der Waals surface area contributed by atoms with Crippen molar-refractivity contribution in [3.63, 3.8) is 0 Å². The Morgan fingerprint density at radius 2 is 2.04 bits per heavy atom. The number of aromatic nitrogens is 3. The minimum absolute atomic E-state index is 0.0554. The van der Waals surface area contributed by atoms with Crippen LogP contribution in [0.5, 0.6) is 0 Å². The molecule has 0 atom stereocenters. The Bertz CT molecular complexity index is 1000. The number of hydrogen-bond acceptors (Lipinski definition) is 5. The van der Waals surface area contributed by atoms with E-state index in [1.807, 2.05) is 11.0 Å². The van der Waals surface area contributed by atoms with Crippen LogP contribution in [0.3, 0.4) is 0 Å². The van der Waals surface area contributed by atoms with E-state index in [1.165, 1.54) is 25.0 Å². The zero-order valence-corrected chi connectivity index (χ0v) is 13.6. The molecule has 0 radical (unpaired) electrons.